The molecule has 0 saturated carbocycles. The number of para-hydroxylation sites is 2. The van der Waals surface area contributed by atoms with Gasteiger partial charge in [-0.05, 0) is 83.6 Å². The van der Waals surface area contributed by atoms with E-state index in [4.69, 9.17) is 15.0 Å². The fourth-order valence-corrected chi connectivity index (χ4v) is 8.83. The van der Waals surface area contributed by atoms with Gasteiger partial charge < -0.3 is 9.47 Å². The summed E-state index contributed by atoms with van der Waals surface area (Å²) in [5.41, 5.74) is 16.0. The normalized spacial score (nSPS) is 12.3. The van der Waals surface area contributed by atoms with E-state index in [0.717, 1.165) is 57.6 Å². The third kappa shape index (κ3) is 6.16. The maximum absolute atomic E-state index is 5.23. The molecule has 5 heteroatoms. The second-order valence-electron chi connectivity index (χ2n) is 15.3. The molecule has 0 unspecified atom stereocenters. The van der Waals surface area contributed by atoms with Crippen molar-refractivity contribution in [3.05, 3.63) is 205 Å². The van der Waals surface area contributed by atoms with Crippen LogP contribution in [0.5, 0.6) is 0 Å². The first-order chi connectivity index (χ1) is 29.2. The number of anilines is 2. The van der Waals surface area contributed by atoms with E-state index in [1.165, 1.54) is 44.3 Å². The Morgan fingerprint density at radius 3 is 1.58 bits per heavy atom. The fraction of sp³-hybridized carbons (Fsp3) is 0.0556. The molecule has 1 aliphatic heterocycles. The molecule has 0 aliphatic carbocycles. The molecule has 1 aliphatic rings. The summed E-state index contributed by atoms with van der Waals surface area (Å²) >= 11 is 0. The number of hydrogen-bond donors (Lipinski definition) is 0. The van der Waals surface area contributed by atoms with E-state index < -0.39 is 0 Å². The first-order valence-electron chi connectivity index (χ1n) is 20.2. The van der Waals surface area contributed by atoms with Gasteiger partial charge in [0.2, 0.25) is 0 Å². The maximum Gasteiger partial charge on any atom is 0.164 e. The molecule has 59 heavy (non-hydrogen) atoms. The van der Waals surface area contributed by atoms with Crippen molar-refractivity contribution >= 4 is 33.2 Å². The van der Waals surface area contributed by atoms with Gasteiger partial charge in [-0.15, -0.1) is 0 Å². The van der Waals surface area contributed by atoms with Crippen molar-refractivity contribution in [3.63, 3.8) is 0 Å². The van der Waals surface area contributed by atoms with Gasteiger partial charge in [-0.25, -0.2) is 15.0 Å². The topological polar surface area (TPSA) is 46.8 Å². The lowest BCUT2D eigenvalue weighted by Gasteiger charge is -2.22. The Morgan fingerprint density at radius 2 is 0.932 bits per heavy atom. The Kier molecular flexibility index (Phi) is 8.44. The van der Waals surface area contributed by atoms with Gasteiger partial charge in [-0.3, -0.25) is 0 Å². The molecule has 0 bridgehead atoms. The Bertz CT molecular complexity index is 3080. The Morgan fingerprint density at radius 1 is 0.407 bits per heavy atom. The molecule has 2 aromatic heterocycles. The highest BCUT2D eigenvalue weighted by atomic mass is 15.2. The summed E-state index contributed by atoms with van der Waals surface area (Å²) in [7, 11) is 0. The maximum atomic E-state index is 5.23. The van der Waals surface area contributed by atoms with Gasteiger partial charge in [-0.2, -0.15) is 0 Å². The van der Waals surface area contributed by atoms with Crippen molar-refractivity contribution in [2.45, 2.75) is 13.3 Å². The van der Waals surface area contributed by atoms with Crippen LogP contribution in [0, 0.1) is 6.92 Å². The van der Waals surface area contributed by atoms with Crippen LogP contribution in [0.25, 0.3) is 83.9 Å². The predicted octanol–water partition coefficient (Wildman–Crippen LogP) is 13.3. The number of aromatic nitrogens is 4. The molecular weight excluding hydrogens is 719 g/mol. The molecular formula is C54H39N5. The van der Waals surface area contributed by atoms with E-state index in [2.05, 4.69) is 198 Å². The lowest BCUT2D eigenvalue weighted by molar-refractivity contribution is 0.992. The minimum atomic E-state index is 0.624. The summed E-state index contributed by atoms with van der Waals surface area (Å²) < 4.78 is 2.45. The molecule has 280 valence electrons. The van der Waals surface area contributed by atoms with Gasteiger partial charge in [0.1, 0.15) is 0 Å². The average molecular weight is 758 g/mol. The second-order valence-corrected chi connectivity index (χ2v) is 15.3. The number of nitrogens with zero attached hydrogens (tertiary/aromatic N) is 5. The lowest BCUT2D eigenvalue weighted by atomic mass is 10.0. The van der Waals surface area contributed by atoms with Crippen molar-refractivity contribution in [1.29, 1.82) is 0 Å². The molecule has 11 rings (SSSR count). The molecule has 0 amide bonds. The standard InChI is InChI=1S/C54H39N5/c1-36-15-8-10-27-48(36)58-32-31-47-49(58)30-29-46-45-26-9-11-28-50(45)59(51(46)47)44-25-14-24-43(35-44)54-56-52(41-22-12-20-39(33-41)37-16-4-2-5-17-37)55-53(57-54)42-23-13-21-40(34-42)38-18-6-3-7-19-38/h2-30,33-35H,31-32H2,1H3. The number of aryl methyl sites for hydroxylation is 1. The molecule has 0 fully saturated rings. The van der Waals surface area contributed by atoms with Crippen LogP contribution in [-0.2, 0) is 6.42 Å². The quantitative estimate of drug-likeness (QED) is 0.162. The van der Waals surface area contributed by atoms with E-state index in [1.54, 1.807) is 0 Å². The summed E-state index contributed by atoms with van der Waals surface area (Å²) in [5, 5.41) is 2.50. The van der Waals surface area contributed by atoms with E-state index in [-0.39, 0.29) is 0 Å². The van der Waals surface area contributed by atoms with E-state index in [0.29, 0.717) is 17.5 Å². The Hall–Kier alpha value is -7.63. The minimum Gasteiger partial charge on any atom is -0.341 e. The fourth-order valence-electron chi connectivity index (χ4n) is 8.83. The van der Waals surface area contributed by atoms with Crippen LogP contribution in [-0.4, -0.2) is 26.1 Å². The van der Waals surface area contributed by atoms with Gasteiger partial charge in [0, 0.05) is 56.6 Å². The van der Waals surface area contributed by atoms with Crippen LogP contribution in [0.15, 0.2) is 194 Å². The van der Waals surface area contributed by atoms with E-state index in [9.17, 15) is 0 Å². The van der Waals surface area contributed by atoms with Gasteiger partial charge in [0.05, 0.1) is 11.0 Å². The monoisotopic (exact) mass is 757 g/mol. The molecule has 0 atom stereocenters. The van der Waals surface area contributed by atoms with Crippen molar-refractivity contribution in [1.82, 2.24) is 19.5 Å². The molecule has 5 nitrogen and oxygen atoms in total. The minimum absolute atomic E-state index is 0.624. The lowest BCUT2D eigenvalue weighted by Crippen LogP contribution is -2.14. The van der Waals surface area contributed by atoms with Crippen molar-refractivity contribution in [2.24, 2.45) is 0 Å². The van der Waals surface area contributed by atoms with Gasteiger partial charge in [-0.1, -0.05) is 152 Å². The number of fused-ring (bicyclic) bond motifs is 5. The zero-order valence-corrected chi connectivity index (χ0v) is 32.6. The summed E-state index contributed by atoms with van der Waals surface area (Å²) in [6.45, 7) is 3.14. The Balaban J connectivity index is 1.09. The molecule has 8 aromatic carbocycles. The summed E-state index contributed by atoms with van der Waals surface area (Å²) in [4.78, 5) is 18.1. The highest BCUT2D eigenvalue weighted by molar-refractivity contribution is 6.12. The molecule has 0 N–H and O–H groups in total. The zero-order valence-electron chi connectivity index (χ0n) is 32.6. The van der Waals surface area contributed by atoms with Crippen LogP contribution in [0.2, 0.25) is 0 Å². The Labute approximate surface area is 343 Å². The van der Waals surface area contributed by atoms with Crippen molar-refractivity contribution in [3.8, 4) is 62.1 Å². The van der Waals surface area contributed by atoms with Crippen LogP contribution >= 0.6 is 0 Å². The van der Waals surface area contributed by atoms with Crippen molar-refractivity contribution in [2.75, 3.05) is 11.4 Å². The predicted molar refractivity (Wildman–Crippen MR) is 243 cm³/mol. The largest absolute Gasteiger partial charge is 0.341 e. The van der Waals surface area contributed by atoms with Crippen molar-refractivity contribution < 1.29 is 0 Å². The zero-order chi connectivity index (χ0) is 39.3. The molecule has 0 spiro atoms. The highest BCUT2D eigenvalue weighted by Gasteiger charge is 2.27. The molecule has 0 radical (unpaired) electrons. The van der Waals surface area contributed by atoms with Gasteiger partial charge in [0.15, 0.2) is 17.5 Å². The second kappa shape index (κ2) is 14.4. The van der Waals surface area contributed by atoms with Crippen LogP contribution in [0.4, 0.5) is 11.4 Å². The van der Waals surface area contributed by atoms with Crippen LogP contribution in [0.3, 0.4) is 0 Å². The first-order valence-corrected chi connectivity index (χ1v) is 20.2. The smallest absolute Gasteiger partial charge is 0.164 e. The average Bonchev–Trinajstić information content (AvgIpc) is 3.89. The first kappa shape index (κ1) is 34.6. The molecule has 3 heterocycles. The summed E-state index contributed by atoms with van der Waals surface area (Å²) in [5.74, 6) is 1.88. The number of rotatable bonds is 7. The van der Waals surface area contributed by atoms with Crippen LogP contribution in [0.1, 0.15) is 11.1 Å². The third-order valence-electron chi connectivity index (χ3n) is 11.7. The summed E-state index contributed by atoms with van der Waals surface area (Å²) in [6, 6.07) is 68.6. The van der Waals surface area contributed by atoms with E-state index in [1.807, 2.05) is 12.1 Å². The molecule has 10 aromatic rings. The third-order valence-corrected chi connectivity index (χ3v) is 11.7. The van der Waals surface area contributed by atoms with Crippen LogP contribution < -0.4 is 4.90 Å². The molecule has 0 saturated heterocycles. The van der Waals surface area contributed by atoms with Gasteiger partial charge >= 0.3 is 0 Å². The number of benzene rings is 8. The van der Waals surface area contributed by atoms with E-state index >= 15 is 0 Å². The van der Waals surface area contributed by atoms with Gasteiger partial charge in [0.25, 0.3) is 0 Å². The SMILES string of the molecule is Cc1ccccc1N1CCc2c1ccc1c3ccccc3n(-c3cccc(-c4nc(-c5cccc(-c6ccccc6)c5)nc(-c5cccc(-c6ccccc6)c5)n4)c3)c21. The summed E-state index contributed by atoms with van der Waals surface area (Å²) in [6.07, 6.45) is 0.960. The highest BCUT2D eigenvalue weighted by Crippen LogP contribution is 2.44. The number of hydrogen-bond acceptors (Lipinski definition) is 4.